The van der Waals surface area contributed by atoms with E-state index in [0.29, 0.717) is 12.1 Å². The summed E-state index contributed by atoms with van der Waals surface area (Å²) in [4.78, 5) is 18.1. The first-order chi connectivity index (χ1) is 9.09. The maximum absolute atomic E-state index is 12.0. The summed E-state index contributed by atoms with van der Waals surface area (Å²) in [7, 11) is 1.45. The van der Waals surface area contributed by atoms with Crippen molar-refractivity contribution in [2.45, 2.75) is 63.1 Å². The number of hydroxylamine groups is 2. The monoisotopic (exact) mass is 265 g/mol. The summed E-state index contributed by atoms with van der Waals surface area (Å²) in [5.41, 5.74) is -0.755. The molecule has 0 N–H and O–H groups in total. The van der Waals surface area contributed by atoms with Crippen LogP contribution in [0, 0.1) is 17.8 Å². The number of ether oxygens (including phenoxy) is 1. The number of carbonyl (C=O) groups excluding carboxylic acids is 1. The third-order valence-electron chi connectivity index (χ3n) is 5.90. The molecule has 0 aromatic rings. The standard InChI is InChI=1S/C15H23NO3/c1-15(14(17)18-2)8-13-11-4-9-3-10(5-11)7-12(6-9)16(13)19-15/h9-13H,3-8H2,1-2H3/t9?,10?,11?,12?,13-,15+/m1/s1. The van der Waals surface area contributed by atoms with Gasteiger partial charge in [-0.2, -0.15) is 5.06 Å². The van der Waals surface area contributed by atoms with E-state index >= 15 is 0 Å². The molecule has 2 unspecified atom stereocenters. The van der Waals surface area contributed by atoms with Crippen LogP contribution in [0.5, 0.6) is 0 Å². The third kappa shape index (κ3) is 1.69. The predicted octanol–water partition coefficient (Wildman–Crippen LogP) is 2.13. The zero-order chi connectivity index (χ0) is 13.2. The summed E-state index contributed by atoms with van der Waals surface area (Å²) in [5, 5.41) is 2.21. The summed E-state index contributed by atoms with van der Waals surface area (Å²) in [6, 6.07) is 0.970. The molecule has 0 radical (unpaired) electrons. The van der Waals surface area contributed by atoms with Gasteiger partial charge in [-0.05, 0) is 56.8 Å². The normalized spacial score (nSPS) is 52.0. The molecule has 0 aromatic heterocycles. The SMILES string of the molecule is COC(=O)[C@]1(C)C[C@@H]2C3CC4CC(C3)CC(C4)N2O1. The quantitative estimate of drug-likeness (QED) is 0.681. The lowest BCUT2D eigenvalue weighted by Gasteiger charge is -2.39. The smallest absolute Gasteiger partial charge is 0.340 e. The second-order valence-electron chi connectivity index (χ2n) is 7.27. The molecule has 0 aromatic carbocycles. The van der Waals surface area contributed by atoms with Crippen molar-refractivity contribution in [3.8, 4) is 0 Å². The van der Waals surface area contributed by atoms with Gasteiger partial charge in [-0.3, -0.25) is 4.84 Å². The van der Waals surface area contributed by atoms with Crippen LogP contribution in [0.4, 0.5) is 0 Å². The van der Waals surface area contributed by atoms with Gasteiger partial charge in [-0.25, -0.2) is 4.79 Å². The van der Waals surface area contributed by atoms with E-state index in [-0.39, 0.29) is 5.97 Å². The Bertz CT molecular complexity index is 372. The van der Waals surface area contributed by atoms with E-state index in [0.717, 1.165) is 24.2 Å². The van der Waals surface area contributed by atoms with Crippen LogP contribution in [0.1, 0.15) is 45.4 Å². The van der Waals surface area contributed by atoms with Gasteiger partial charge in [0.1, 0.15) is 0 Å². The first-order valence-corrected chi connectivity index (χ1v) is 7.65. The van der Waals surface area contributed by atoms with E-state index in [1.165, 1.54) is 39.2 Å². The highest BCUT2D eigenvalue weighted by Crippen LogP contribution is 2.54. The lowest BCUT2D eigenvalue weighted by molar-refractivity contribution is -0.232. The molecule has 5 rings (SSSR count). The van der Waals surface area contributed by atoms with Crippen molar-refractivity contribution in [2.75, 3.05) is 7.11 Å². The Morgan fingerprint density at radius 3 is 2.53 bits per heavy atom. The summed E-state index contributed by atoms with van der Waals surface area (Å²) < 4.78 is 4.94. The van der Waals surface area contributed by atoms with Gasteiger partial charge in [-0.1, -0.05) is 0 Å². The van der Waals surface area contributed by atoms with Gasteiger partial charge in [0.15, 0.2) is 5.60 Å². The Balaban J connectivity index is 1.64. The number of hydrogen-bond donors (Lipinski definition) is 0. The number of esters is 1. The molecule has 5 fully saturated rings. The van der Waals surface area contributed by atoms with Gasteiger partial charge in [0, 0.05) is 18.5 Å². The number of hydrogen-bond acceptors (Lipinski definition) is 4. The van der Waals surface area contributed by atoms with Crippen molar-refractivity contribution in [1.29, 1.82) is 0 Å². The zero-order valence-electron chi connectivity index (χ0n) is 11.8. The highest BCUT2D eigenvalue weighted by molar-refractivity contribution is 5.79. The van der Waals surface area contributed by atoms with E-state index in [1.54, 1.807) is 0 Å². The first kappa shape index (κ1) is 12.2. The fourth-order valence-electron chi connectivity index (χ4n) is 5.27. The average molecular weight is 265 g/mol. The third-order valence-corrected chi connectivity index (χ3v) is 5.90. The van der Waals surface area contributed by atoms with E-state index in [2.05, 4.69) is 5.06 Å². The van der Waals surface area contributed by atoms with Crippen LogP contribution in [0.2, 0.25) is 0 Å². The van der Waals surface area contributed by atoms with Gasteiger partial charge in [0.2, 0.25) is 0 Å². The van der Waals surface area contributed by atoms with E-state index in [4.69, 9.17) is 9.57 Å². The first-order valence-electron chi connectivity index (χ1n) is 7.65. The van der Waals surface area contributed by atoms with Crippen molar-refractivity contribution in [3.05, 3.63) is 0 Å². The maximum atomic E-state index is 12.0. The molecule has 4 atom stereocenters. The van der Waals surface area contributed by atoms with Crippen molar-refractivity contribution in [2.24, 2.45) is 17.8 Å². The lowest BCUT2D eigenvalue weighted by Crippen LogP contribution is -2.42. The molecule has 106 valence electrons. The molecule has 0 spiro atoms. The molecule has 4 bridgehead atoms. The number of nitrogens with zero attached hydrogens (tertiary/aromatic N) is 1. The maximum Gasteiger partial charge on any atom is 0.340 e. The Kier molecular flexibility index (Phi) is 2.53. The minimum atomic E-state index is -0.755. The molecule has 3 heterocycles. The summed E-state index contributed by atoms with van der Waals surface area (Å²) in [6.07, 6.45) is 7.45. The van der Waals surface area contributed by atoms with Crippen LogP contribution in [0.25, 0.3) is 0 Å². The largest absolute Gasteiger partial charge is 0.467 e. The number of methoxy groups -OCH3 is 1. The molecule has 5 aliphatic rings. The fourth-order valence-corrected chi connectivity index (χ4v) is 5.27. The van der Waals surface area contributed by atoms with Gasteiger partial charge >= 0.3 is 5.97 Å². The summed E-state index contributed by atoms with van der Waals surface area (Å²) in [6.45, 7) is 1.89. The molecular weight excluding hydrogens is 242 g/mol. The minimum Gasteiger partial charge on any atom is -0.467 e. The van der Waals surface area contributed by atoms with Crippen LogP contribution < -0.4 is 0 Å². The van der Waals surface area contributed by atoms with Gasteiger partial charge < -0.3 is 4.74 Å². The topological polar surface area (TPSA) is 38.8 Å². The van der Waals surface area contributed by atoms with Crippen LogP contribution in [0.3, 0.4) is 0 Å². The van der Waals surface area contributed by atoms with Gasteiger partial charge in [-0.15, -0.1) is 0 Å². The highest BCUT2D eigenvalue weighted by Gasteiger charge is 2.57. The van der Waals surface area contributed by atoms with Crippen molar-refractivity contribution < 1.29 is 14.4 Å². The van der Waals surface area contributed by atoms with Crippen molar-refractivity contribution >= 4 is 5.97 Å². The molecule has 2 saturated carbocycles. The Morgan fingerprint density at radius 2 is 1.89 bits per heavy atom. The summed E-state index contributed by atoms with van der Waals surface area (Å²) >= 11 is 0. The van der Waals surface area contributed by atoms with Crippen LogP contribution >= 0.6 is 0 Å². The summed E-state index contributed by atoms with van der Waals surface area (Å²) in [5.74, 6) is 2.31. The number of rotatable bonds is 1. The molecule has 0 amide bonds. The zero-order valence-corrected chi connectivity index (χ0v) is 11.8. The average Bonchev–Trinajstić information content (AvgIpc) is 2.69. The van der Waals surface area contributed by atoms with E-state index < -0.39 is 5.60 Å². The Morgan fingerprint density at radius 1 is 1.21 bits per heavy atom. The van der Waals surface area contributed by atoms with Crippen LogP contribution in [-0.2, 0) is 14.4 Å². The Labute approximate surface area is 114 Å². The van der Waals surface area contributed by atoms with Crippen molar-refractivity contribution in [1.82, 2.24) is 5.06 Å². The van der Waals surface area contributed by atoms with Gasteiger partial charge in [0.05, 0.1) is 7.11 Å². The predicted molar refractivity (Wildman–Crippen MR) is 69.1 cm³/mol. The van der Waals surface area contributed by atoms with Crippen LogP contribution in [-0.4, -0.2) is 35.8 Å². The second-order valence-corrected chi connectivity index (χ2v) is 7.27. The molecule has 4 heteroatoms. The van der Waals surface area contributed by atoms with E-state index in [1.807, 2.05) is 6.92 Å². The Hall–Kier alpha value is -0.610. The minimum absolute atomic E-state index is 0.219. The molecule has 4 nitrogen and oxygen atoms in total. The molecular formula is C15H23NO3. The number of carbonyl (C=O) groups is 1. The lowest BCUT2D eigenvalue weighted by atomic mass is 9.67. The van der Waals surface area contributed by atoms with Crippen LogP contribution in [0.15, 0.2) is 0 Å². The molecule has 3 saturated heterocycles. The second kappa shape index (κ2) is 3.95. The molecule has 3 aliphatic heterocycles. The van der Waals surface area contributed by atoms with E-state index in [9.17, 15) is 4.79 Å². The van der Waals surface area contributed by atoms with Gasteiger partial charge in [0.25, 0.3) is 0 Å². The molecule has 2 aliphatic carbocycles. The fraction of sp³-hybridized carbons (Fsp3) is 0.933. The van der Waals surface area contributed by atoms with Crippen molar-refractivity contribution in [3.63, 3.8) is 0 Å². The highest BCUT2D eigenvalue weighted by atomic mass is 16.7. The molecule has 19 heavy (non-hydrogen) atoms.